The molecule has 0 aliphatic carbocycles. The molecule has 0 atom stereocenters. The van der Waals surface area contributed by atoms with E-state index in [1.165, 1.54) is 0 Å². The molecule has 0 heterocycles. The topological polar surface area (TPSA) is 105 Å². The summed E-state index contributed by atoms with van der Waals surface area (Å²) in [5.74, 6) is 212. The minimum Gasteiger partial charge on any atom is -0.448 e. The highest BCUT2D eigenvalue weighted by Gasteiger charge is 2.48. The maximum Gasteiger partial charge on any atom is 0.365 e. The summed E-state index contributed by atoms with van der Waals surface area (Å²) in [5.41, 5.74) is -2.77. The summed E-state index contributed by atoms with van der Waals surface area (Å²) < 4.78 is 19.3. The van der Waals surface area contributed by atoms with E-state index in [1.807, 2.05) is 18.3 Å². The molecule has 468 valence electrons. The minimum atomic E-state index is -2.77. The van der Waals surface area contributed by atoms with E-state index < -0.39 is 36.4 Å². The Hall–Kier alpha value is -23.2. The molecule has 0 aromatic carbocycles. The molecule has 111 heavy (non-hydrogen) atoms. The second kappa shape index (κ2) is 75.8. The fourth-order valence-electron chi connectivity index (χ4n) is 4.01. The van der Waals surface area contributed by atoms with Crippen molar-refractivity contribution in [1.29, 1.82) is 0 Å². The highest BCUT2D eigenvalue weighted by Crippen LogP contribution is 2.24. The zero-order valence-electron chi connectivity index (χ0n) is 55.5. The molecule has 8 nitrogen and oxygen atoms in total. The molecule has 0 aliphatic heterocycles. The number of ether oxygens (including phenoxy) is 4. The third-order valence-electron chi connectivity index (χ3n) is 7.60. The van der Waals surface area contributed by atoms with Gasteiger partial charge in [-0.05, 0) is 142 Å². The van der Waals surface area contributed by atoms with Gasteiger partial charge in [-0.2, -0.15) is 0 Å². The molecule has 0 aromatic heterocycles. The van der Waals surface area contributed by atoms with E-state index in [0.29, 0.717) is 0 Å². The van der Waals surface area contributed by atoms with Crippen molar-refractivity contribution in [1.82, 2.24) is 0 Å². The lowest BCUT2D eigenvalue weighted by molar-refractivity contribution is -0.179. The van der Waals surface area contributed by atoms with Crippen LogP contribution in [0.5, 0.6) is 0 Å². The number of carbonyl (C=O) groups excluding carboxylic acids is 4. The maximum absolute atomic E-state index is 13.4. The van der Waals surface area contributed by atoms with E-state index in [2.05, 4.69) is 533 Å². The van der Waals surface area contributed by atoms with E-state index in [1.54, 1.807) is 0 Å². The lowest BCUT2D eigenvalue weighted by Crippen LogP contribution is -2.46. The van der Waals surface area contributed by atoms with Crippen LogP contribution in [0.3, 0.4) is 0 Å². The monoisotopic (exact) mass is 1370 g/mol. The van der Waals surface area contributed by atoms with Gasteiger partial charge in [0.2, 0.25) is 5.60 Å². The van der Waals surface area contributed by atoms with Crippen LogP contribution in [-0.4, -0.2) is 30.0 Å². The summed E-state index contributed by atoms with van der Waals surface area (Å²) in [6.07, 6.45) is 18.3. The summed E-state index contributed by atoms with van der Waals surface area (Å²) in [5, 5.41) is 0. The van der Waals surface area contributed by atoms with Gasteiger partial charge in [0, 0.05) is 391 Å². The largest absolute Gasteiger partial charge is 0.448 e. The summed E-state index contributed by atoms with van der Waals surface area (Å²) in [4.78, 5) is 51.0. The van der Waals surface area contributed by atoms with Crippen molar-refractivity contribution in [2.75, 3.05) is 0 Å². The molecule has 0 rings (SSSR count). The molecule has 0 bridgehead atoms. The highest BCUT2D eigenvalue weighted by molar-refractivity contribution is 5.92. The highest BCUT2D eigenvalue weighted by atomic mass is 16.6. The van der Waals surface area contributed by atoms with E-state index in [-0.39, 0.29) is 6.47 Å². The molecule has 0 fully saturated rings. The van der Waals surface area contributed by atoms with Crippen molar-refractivity contribution < 1.29 is 38.1 Å². The average molecular weight is 1370 g/mol. The first kappa shape index (κ1) is 87.8. The number of carbonyl (C=O) groups is 4. The molecular weight excluding hydrogens is 1370 g/mol. The maximum atomic E-state index is 13.4. The van der Waals surface area contributed by atoms with Crippen LogP contribution < -0.4 is 0 Å². The van der Waals surface area contributed by atoms with E-state index in [9.17, 15) is 19.2 Å². The van der Waals surface area contributed by atoms with E-state index >= 15 is 0 Å². The SMILES string of the molecule is C#CC#CC#CC#CC#CC#CC#CC#CC#CC#CC#CC#CC#CC#CC#CC#COC(=O)CC(CC(=O)OC#CC#CC#CC#CC#CC#CC#CC#CC#CC#CC#CC#CC#CC#CC#CC#C)(OC=O)C(=O)OC#CC#CC#CC#CC#CC#CC#CC#CC#CC#CC#CC#CC#CC#CC#CC#C. The van der Waals surface area contributed by atoms with Crippen LogP contribution in [0.2, 0.25) is 0 Å². The quantitative estimate of drug-likeness (QED) is 0.142. The molecule has 0 N–H and O–H groups in total. The molecule has 0 radical (unpaired) electrons. The molecule has 0 amide bonds. The molecule has 0 unspecified atom stereocenters. The molecule has 0 spiro atoms. The summed E-state index contributed by atoms with van der Waals surface area (Å²) in [6.45, 7) is -0.261. The third-order valence-corrected chi connectivity index (χ3v) is 7.60. The van der Waals surface area contributed by atoms with Crippen LogP contribution in [0.4, 0.5) is 0 Å². The Morgan fingerprint density at radius 2 is 0.306 bits per heavy atom. The van der Waals surface area contributed by atoms with Gasteiger partial charge >= 0.3 is 17.9 Å². The molecule has 0 aromatic rings. The first-order valence-electron chi connectivity index (χ1n) is 27.5. The molecular formula is C103H8O8. The predicted molar refractivity (Wildman–Crippen MR) is 414 cm³/mol. The van der Waals surface area contributed by atoms with Gasteiger partial charge in [-0.25, -0.2) is 4.79 Å². The fraction of sp³-hybridized carbons (Fsp3) is 0.0291. The molecule has 0 saturated carbocycles. The Morgan fingerprint density at radius 1 is 0.189 bits per heavy atom. The van der Waals surface area contributed by atoms with Crippen LogP contribution >= 0.6 is 0 Å². The van der Waals surface area contributed by atoms with Crippen LogP contribution in [0, 0.1) is 570 Å². The minimum absolute atomic E-state index is 0.261. The summed E-state index contributed by atoms with van der Waals surface area (Å²) >= 11 is 0. The lowest BCUT2D eigenvalue weighted by atomic mass is 9.95. The van der Waals surface area contributed by atoms with Gasteiger partial charge in [0.1, 0.15) is 18.3 Å². The Kier molecular flexibility index (Phi) is 59.9. The van der Waals surface area contributed by atoms with Crippen molar-refractivity contribution in [3.63, 3.8) is 0 Å². The molecule has 0 saturated heterocycles. The van der Waals surface area contributed by atoms with Crippen molar-refractivity contribution in [2.45, 2.75) is 18.4 Å². The van der Waals surface area contributed by atoms with E-state index in [4.69, 9.17) is 38.2 Å². The van der Waals surface area contributed by atoms with Crippen molar-refractivity contribution in [3.8, 4) is 570 Å². The zero-order valence-corrected chi connectivity index (χ0v) is 55.5. The van der Waals surface area contributed by atoms with Crippen LogP contribution in [-0.2, 0) is 38.1 Å². The fourth-order valence-corrected chi connectivity index (χ4v) is 4.01. The Morgan fingerprint density at radius 3 is 0.432 bits per heavy atom. The van der Waals surface area contributed by atoms with Gasteiger partial charge in [0.05, 0.1) is 12.8 Å². The lowest BCUT2D eigenvalue weighted by Gasteiger charge is -2.25. The van der Waals surface area contributed by atoms with Crippen LogP contribution in [0.1, 0.15) is 12.8 Å². The van der Waals surface area contributed by atoms with Gasteiger partial charge in [0.15, 0.2) is 0 Å². The van der Waals surface area contributed by atoms with Crippen LogP contribution in [0.25, 0.3) is 0 Å². The zero-order chi connectivity index (χ0) is 79.9. The molecule has 8 heteroatoms. The number of rotatable bonds is 7. The molecule has 0 aliphatic rings. The summed E-state index contributed by atoms with van der Waals surface area (Å²) in [6, 6.07) is 0. The van der Waals surface area contributed by atoms with Crippen molar-refractivity contribution in [3.05, 3.63) is 0 Å². The Bertz CT molecular complexity index is 7110. The van der Waals surface area contributed by atoms with Gasteiger partial charge in [0.25, 0.3) is 6.47 Å². The van der Waals surface area contributed by atoms with Gasteiger partial charge in [-0.1, -0.05) is 0 Å². The van der Waals surface area contributed by atoms with Gasteiger partial charge in [-0.3, -0.25) is 14.4 Å². The van der Waals surface area contributed by atoms with E-state index in [0.717, 1.165) is 0 Å². The number of esters is 3. The van der Waals surface area contributed by atoms with Crippen molar-refractivity contribution >= 4 is 24.4 Å². The van der Waals surface area contributed by atoms with Crippen molar-refractivity contribution in [2.24, 2.45) is 0 Å². The third kappa shape index (κ3) is 68.0. The Labute approximate surface area is 647 Å². The number of hydrogen-bond donors (Lipinski definition) is 0. The first-order chi connectivity index (χ1) is 55.0. The second-order valence-electron chi connectivity index (χ2n) is 14.5. The normalized spacial score (nSPS) is 4.95. The first-order valence-corrected chi connectivity index (χ1v) is 27.5. The Balaban J connectivity index is 6.13. The van der Waals surface area contributed by atoms with Gasteiger partial charge in [-0.15, -0.1) is 19.3 Å². The summed E-state index contributed by atoms with van der Waals surface area (Å²) in [7, 11) is 0. The number of terminal acetylenes is 3. The van der Waals surface area contributed by atoms with Gasteiger partial charge < -0.3 is 18.9 Å². The standard InChI is InChI=1S/C103H8O8/c1-4-7-10-13-16-19-22-25-28-31-34-37-40-43-46-49-52-55-58-61-64-67-70-73-76-79-82-85-88-91-94-108-100(105)97-103(111-99-104,102(107)110-96-93-90-87-84-81-78-75-72-69-66-63-60-57-54-51-48-45-42-39-36-33-30-27-24-21-18-15-12-9-6-3)98-101(106)109-95-92-89-86-83-80-77-74-71-68-65-62-59-56-53-50-47-44-41-38-35-32-29-26-23-20-17-14-11-8-5-2/h1-3,99H,97-98H2. The second-order valence-corrected chi connectivity index (χ2v) is 14.5. The number of hydrogen-bond acceptors (Lipinski definition) is 8. The van der Waals surface area contributed by atoms with Crippen LogP contribution in [0.15, 0.2) is 0 Å². The average Bonchev–Trinajstić information content (AvgIpc) is 0.821. The predicted octanol–water partition coefficient (Wildman–Crippen LogP) is -0.767. The smallest absolute Gasteiger partial charge is 0.365 e.